The van der Waals surface area contributed by atoms with Gasteiger partial charge in [0.15, 0.2) is 6.61 Å². The highest BCUT2D eigenvalue weighted by atomic mass is 19.1. The Morgan fingerprint density at radius 1 is 1.03 bits per heavy atom. The Morgan fingerprint density at radius 3 is 2.43 bits per heavy atom. The van der Waals surface area contributed by atoms with Gasteiger partial charge in [0.25, 0.3) is 17.7 Å². The first-order valence-electron chi connectivity index (χ1n) is 10.6. The van der Waals surface area contributed by atoms with Crippen LogP contribution in [0.25, 0.3) is 6.08 Å². The summed E-state index contributed by atoms with van der Waals surface area (Å²) in [6.07, 6.45) is 1.33. The Kier molecular flexibility index (Phi) is 6.68. The van der Waals surface area contributed by atoms with E-state index in [1.165, 1.54) is 18.2 Å². The Labute approximate surface area is 200 Å². The summed E-state index contributed by atoms with van der Waals surface area (Å²) >= 11 is 0. The number of hydrogen-bond acceptors (Lipinski definition) is 5. The van der Waals surface area contributed by atoms with Crippen LogP contribution in [0.5, 0.6) is 5.75 Å². The fourth-order valence-corrected chi connectivity index (χ4v) is 3.38. The van der Waals surface area contributed by atoms with Crippen molar-refractivity contribution >= 4 is 41.2 Å². The maximum Gasteiger partial charge on any atom is 0.335 e. The van der Waals surface area contributed by atoms with Crippen molar-refractivity contribution in [3.63, 3.8) is 0 Å². The Balaban J connectivity index is 1.43. The molecule has 9 heteroatoms. The number of anilines is 2. The van der Waals surface area contributed by atoms with Crippen LogP contribution in [0.4, 0.5) is 20.6 Å². The topological polar surface area (TPSA) is 105 Å². The number of rotatable bonds is 6. The second-order valence-corrected chi connectivity index (χ2v) is 7.71. The molecule has 4 rings (SSSR count). The van der Waals surface area contributed by atoms with E-state index in [2.05, 4.69) is 10.6 Å². The van der Waals surface area contributed by atoms with Gasteiger partial charge in [0.2, 0.25) is 0 Å². The first-order chi connectivity index (χ1) is 16.8. The summed E-state index contributed by atoms with van der Waals surface area (Å²) < 4.78 is 18.7. The molecule has 3 aromatic carbocycles. The fraction of sp³-hybridized carbons (Fsp3) is 0.0769. The lowest BCUT2D eigenvalue weighted by Crippen LogP contribution is -2.54. The number of aryl methyl sites for hydroxylation is 1. The van der Waals surface area contributed by atoms with Crippen molar-refractivity contribution in [3.8, 4) is 5.75 Å². The van der Waals surface area contributed by atoms with Crippen LogP contribution < -0.4 is 20.3 Å². The van der Waals surface area contributed by atoms with Crippen LogP contribution in [0, 0.1) is 12.7 Å². The predicted molar refractivity (Wildman–Crippen MR) is 127 cm³/mol. The highest BCUT2D eigenvalue weighted by molar-refractivity contribution is 6.39. The zero-order valence-corrected chi connectivity index (χ0v) is 18.6. The SMILES string of the molecule is Cc1cccc(NC(=O)COc2ccc(C=C3C(=O)NC(=O)N(c4ccc(F)cc4)C3=O)cc2)c1. The van der Waals surface area contributed by atoms with E-state index in [4.69, 9.17) is 4.74 Å². The molecule has 1 saturated heterocycles. The molecule has 8 nitrogen and oxygen atoms in total. The molecule has 1 aliphatic heterocycles. The highest BCUT2D eigenvalue weighted by Gasteiger charge is 2.36. The number of ether oxygens (including phenoxy) is 1. The second kappa shape index (κ2) is 10.0. The summed E-state index contributed by atoms with van der Waals surface area (Å²) in [5, 5.41) is 4.85. The minimum atomic E-state index is -0.920. The third-order valence-corrected chi connectivity index (χ3v) is 5.05. The molecule has 0 aliphatic carbocycles. The zero-order chi connectivity index (χ0) is 24.9. The third-order valence-electron chi connectivity index (χ3n) is 5.05. The summed E-state index contributed by atoms with van der Waals surface area (Å²) in [5.41, 5.74) is 2.04. The molecule has 0 spiro atoms. The lowest BCUT2D eigenvalue weighted by molar-refractivity contribution is -0.122. The van der Waals surface area contributed by atoms with E-state index in [1.807, 2.05) is 25.1 Å². The number of halogens is 1. The van der Waals surface area contributed by atoms with Gasteiger partial charge >= 0.3 is 6.03 Å². The molecule has 2 N–H and O–H groups in total. The number of carbonyl (C=O) groups excluding carboxylic acids is 4. The molecule has 0 unspecified atom stereocenters. The minimum Gasteiger partial charge on any atom is -0.484 e. The van der Waals surface area contributed by atoms with Crippen molar-refractivity contribution in [2.45, 2.75) is 6.92 Å². The number of benzene rings is 3. The highest BCUT2D eigenvalue weighted by Crippen LogP contribution is 2.23. The molecule has 0 aromatic heterocycles. The van der Waals surface area contributed by atoms with Gasteiger partial charge in [-0.1, -0.05) is 24.3 Å². The van der Waals surface area contributed by atoms with E-state index in [0.29, 0.717) is 17.0 Å². The van der Waals surface area contributed by atoms with Crippen LogP contribution in [-0.2, 0) is 14.4 Å². The Bertz CT molecular complexity index is 1330. The Morgan fingerprint density at radius 2 is 1.74 bits per heavy atom. The first kappa shape index (κ1) is 23.4. The largest absolute Gasteiger partial charge is 0.484 e. The van der Waals surface area contributed by atoms with Crippen LogP contribution in [0.2, 0.25) is 0 Å². The standard InChI is InChI=1S/C26H20FN3O5/c1-16-3-2-4-19(13-16)28-23(31)15-35-21-11-5-17(6-12-21)14-22-24(32)29-26(34)30(25(22)33)20-9-7-18(27)8-10-20/h2-14H,15H2,1H3,(H,28,31)(H,29,32,34). The number of barbiturate groups is 1. The average molecular weight is 473 g/mol. The molecule has 5 amide bonds. The summed E-state index contributed by atoms with van der Waals surface area (Å²) in [4.78, 5) is 50.2. The van der Waals surface area contributed by atoms with E-state index in [-0.39, 0.29) is 23.8 Å². The van der Waals surface area contributed by atoms with Crippen LogP contribution in [-0.4, -0.2) is 30.4 Å². The molecule has 3 aromatic rings. The van der Waals surface area contributed by atoms with E-state index in [0.717, 1.165) is 22.6 Å². The molecule has 0 radical (unpaired) electrons. The minimum absolute atomic E-state index is 0.125. The summed E-state index contributed by atoms with van der Waals surface area (Å²) in [6.45, 7) is 1.72. The van der Waals surface area contributed by atoms with Gasteiger partial charge in [-0.15, -0.1) is 0 Å². The number of nitrogens with zero attached hydrogens (tertiary/aromatic N) is 1. The van der Waals surface area contributed by atoms with Gasteiger partial charge in [-0.2, -0.15) is 0 Å². The van der Waals surface area contributed by atoms with E-state index >= 15 is 0 Å². The quantitative estimate of drug-likeness (QED) is 0.418. The van der Waals surface area contributed by atoms with Crippen molar-refractivity contribution in [1.29, 1.82) is 0 Å². The lowest BCUT2D eigenvalue weighted by atomic mass is 10.1. The zero-order valence-electron chi connectivity index (χ0n) is 18.6. The molecule has 35 heavy (non-hydrogen) atoms. The molecule has 1 aliphatic rings. The number of amides is 5. The summed E-state index contributed by atoms with van der Waals surface area (Å²) in [5.74, 6) is -2.11. The van der Waals surface area contributed by atoms with E-state index in [1.54, 1.807) is 30.3 Å². The number of hydrogen-bond donors (Lipinski definition) is 2. The van der Waals surface area contributed by atoms with Crippen molar-refractivity contribution in [2.24, 2.45) is 0 Å². The van der Waals surface area contributed by atoms with Gasteiger partial charge in [0, 0.05) is 5.69 Å². The van der Waals surface area contributed by atoms with Crippen LogP contribution in [0.15, 0.2) is 78.4 Å². The van der Waals surface area contributed by atoms with Crippen LogP contribution >= 0.6 is 0 Å². The number of carbonyl (C=O) groups is 4. The predicted octanol–water partition coefficient (Wildman–Crippen LogP) is 3.82. The molecule has 0 saturated carbocycles. The maximum atomic E-state index is 13.2. The van der Waals surface area contributed by atoms with Crippen molar-refractivity contribution in [1.82, 2.24) is 5.32 Å². The maximum absolute atomic E-state index is 13.2. The normalized spacial score (nSPS) is 14.6. The van der Waals surface area contributed by atoms with Crippen LogP contribution in [0.3, 0.4) is 0 Å². The first-order valence-corrected chi connectivity index (χ1v) is 10.6. The van der Waals surface area contributed by atoms with Gasteiger partial charge in [-0.3, -0.25) is 19.7 Å². The van der Waals surface area contributed by atoms with Crippen LogP contribution in [0.1, 0.15) is 11.1 Å². The molecule has 1 heterocycles. The molecular formula is C26H20FN3O5. The lowest BCUT2D eigenvalue weighted by Gasteiger charge is -2.26. The van der Waals surface area contributed by atoms with Gasteiger partial charge in [0.05, 0.1) is 5.69 Å². The van der Waals surface area contributed by atoms with Crippen molar-refractivity contribution in [2.75, 3.05) is 16.8 Å². The fourth-order valence-electron chi connectivity index (χ4n) is 3.38. The number of imide groups is 2. The average Bonchev–Trinajstić information content (AvgIpc) is 2.82. The molecule has 1 fully saturated rings. The second-order valence-electron chi connectivity index (χ2n) is 7.71. The molecular weight excluding hydrogens is 453 g/mol. The number of urea groups is 1. The van der Waals surface area contributed by atoms with Crippen molar-refractivity contribution < 1.29 is 28.3 Å². The molecule has 176 valence electrons. The smallest absolute Gasteiger partial charge is 0.335 e. The monoisotopic (exact) mass is 473 g/mol. The van der Waals surface area contributed by atoms with E-state index < -0.39 is 23.7 Å². The number of nitrogens with one attached hydrogen (secondary N) is 2. The van der Waals surface area contributed by atoms with Gasteiger partial charge in [-0.05, 0) is 72.7 Å². The van der Waals surface area contributed by atoms with Gasteiger partial charge < -0.3 is 10.1 Å². The molecule has 0 bridgehead atoms. The third kappa shape index (κ3) is 5.59. The Hall–Kier alpha value is -4.79. The van der Waals surface area contributed by atoms with Gasteiger partial charge in [-0.25, -0.2) is 14.1 Å². The van der Waals surface area contributed by atoms with Crippen molar-refractivity contribution in [3.05, 3.63) is 95.3 Å². The van der Waals surface area contributed by atoms with Gasteiger partial charge in [0.1, 0.15) is 17.1 Å². The summed E-state index contributed by atoms with van der Waals surface area (Å²) in [7, 11) is 0. The molecule has 0 atom stereocenters. The van der Waals surface area contributed by atoms with E-state index in [9.17, 15) is 23.6 Å². The summed E-state index contributed by atoms with van der Waals surface area (Å²) in [6, 6.07) is 17.6.